The van der Waals surface area contributed by atoms with Gasteiger partial charge in [-0.15, -0.1) is 0 Å². The third-order valence-corrected chi connectivity index (χ3v) is 2.00. The van der Waals surface area contributed by atoms with E-state index in [0.717, 1.165) is 12.8 Å². The summed E-state index contributed by atoms with van der Waals surface area (Å²) >= 11 is 0. The molecule has 0 fully saturated rings. The maximum absolute atomic E-state index is 5.28. The lowest BCUT2D eigenvalue weighted by Gasteiger charge is -1.96. The molecule has 0 aromatic carbocycles. The second-order valence-corrected chi connectivity index (χ2v) is 3.20. The van der Waals surface area contributed by atoms with Crippen LogP contribution >= 0.6 is 0 Å². The van der Waals surface area contributed by atoms with Crippen molar-refractivity contribution in [3.05, 3.63) is 73.0 Å². The van der Waals surface area contributed by atoms with Crippen molar-refractivity contribution in [2.45, 2.75) is 19.8 Å². The predicted molar refractivity (Wildman–Crippen MR) is 73.9 cm³/mol. The third kappa shape index (κ3) is 8.82. The highest BCUT2D eigenvalue weighted by atomic mass is 14.5. The minimum Gasteiger partial charge on any atom is -0.405 e. The number of rotatable bonds is 7. The fourth-order valence-electron chi connectivity index (χ4n) is 1.12. The summed E-state index contributed by atoms with van der Waals surface area (Å²) in [6.45, 7) is 5.65. The van der Waals surface area contributed by atoms with Gasteiger partial charge in [0.15, 0.2) is 0 Å². The van der Waals surface area contributed by atoms with Crippen molar-refractivity contribution in [1.82, 2.24) is 0 Å². The SMILES string of the molecule is C=C/C=C/C=C/C=C/C(=C\C)CC/C=C/N. The number of hydrogen-bond acceptors (Lipinski definition) is 1. The molecule has 2 N–H and O–H groups in total. The van der Waals surface area contributed by atoms with Gasteiger partial charge in [0.2, 0.25) is 0 Å². The van der Waals surface area contributed by atoms with E-state index in [-0.39, 0.29) is 0 Å². The summed E-state index contributed by atoms with van der Waals surface area (Å²) in [7, 11) is 0. The van der Waals surface area contributed by atoms with Crippen molar-refractivity contribution < 1.29 is 0 Å². The van der Waals surface area contributed by atoms with Crippen LogP contribution in [0, 0.1) is 0 Å². The molecule has 16 heavy (non-hydrogen) atoms. The van der Waals surface area contributed by atoms with Crippen LogP contribution in [0.5, 0.6) is 0 Å². The summed E-state index contributed by atoms with van der Waals surface area (Å²) in [5.41, 5.74) is 6.59. The zero-order valence-electron chi connectivity index (χ0n) is 9.97. The molecule has 0 saturated carbocycles. The molecule has 0 bridgehead atoms. The van der Waals surface area contributed by atoms with Gasteiger partial charge in [-0.05, 0) is 26.0 Å². The van der Waals surface area contributed by atoms with E-state index in [0.29, 0.717) is 0 Å². The molecule has 0 saturated heterocycles. The van der Waals surface area contributed by atoms with Gasteiger partial charge in [0, 0.05) is 0 Å². The number of nitrogens with two attached hydrogens (primary N) is 1. The maximum atomic E-state index is 5.28. The van der Waals surface area contributed by atoms with Crippen LogP contribution in [0.4, 0.5) is 0 Å². The first-order chi connectivity index (χ1) is 7.85. The van der Waals surface area contributed by atoms with Gasteiger partial charge in [-0.1, -0.05) is 66.8 Å². The Labute approximate surface area is 99.1 Å². The first kappa shape index (κ1) is 14.2. The molecule has 0 rings (SSSR count). The Hall–Kier alpha value is -1.76. The zero-order valence-corrected chi connectivity index (χ0v) is 9.97. The first-order valence-electron chi connectivity index (χ1n) is 5.49. The molecule has 0 aromatic rings. The fraction of sp³-hybridized carbons (Fsp3) is 0.200. The Bertz CT molecular complexity index is 314. The lowest BCUT2D eigenvalue weighted by Crippen LogP contribution is -1.79. The molecule has 0 unspecified atom stereocenters. The molecule has 1 heteroatoms. The van der Waals surface area contributed by atoms with Crippen LogP contribution in [0.2, 0.25) is 0 Å². The molecule has 0 aliphatic carbocycles. The Balaban J connectivity index is 4.02. The predicted octanol–water partition coefficient (Wildman–Crippen LogP) is 4.04. The highest BCUT2D eigenvalue weighted by Crippen LogP contribution is 2.07. The van der Waals surface area contributed by atoms with Gasteiger partial charge in [-0.25, -0.2) is 0 Å². The third-order valence-electron chi connectivity index (χ3n) is 2.00. The van der Waals surface area contributed by atoms with Crippen LogP contribution in [-0.2, 0) is 0 Å². The van der Waals surface area contributed by atoms with Gasteiger partial charge in [0.25, 0.3) is 0 Å². The number of allylic oxidation sites excluding steroid dienone is 10. The molecule has 1 nitrogen and oxygen atoms in total. The zero-order chi connectivity index (χ0) is 12.1. The van der Waals surface area contributed by atoms with Gasteiger partial charge < -0.3 is 5.73 Å². The van der Waals surface area contributed by atoms with Gasteiger partial charge in [0.05, 0.1) is 0 Å². The smallest absolute Gasteiger partial charge is 0.0103 e. The summed E-state index contributed by atoms with van der Waals surface area (Å²) in [5.74, 6) is 0. The Morgan fingerprint density at radius 2 is 1.81 bits per heavy atom. The quantitative estimate of drug-likeness (QED) is 0.637. The van der Waals surface area contributed by atoms with Crippen LogP contribution in [-0.4, -0.2) is 0 Å². The van der Waals surface area contributed by atoms with Crippen LogP contribution in [0.1, 0.15) is 19.8 Å². The lowest BCUT2D eigenvalue weighted by atomic mass is 10.1. The molecule has 0 heterocycles. The summed E-state index contributed by atoms with van der Waals surface area (Å²) in [6, 6.07) is 0. The van der Waals surface area contributed by atoms with E-state index in [2.05, 4.69) is 18.7 Å². The van der Waals surface area contributed by atoms with Crippen LogP contribution in [0.3, 0.4) is 0 Å². The van der Waals surface area contributed by atoms with Crippen LogP contribution in [0.25, 0.3) is 0 Å². The molecule has 0 aromatic heterocycles. The van der Waals surface area contributed by atoms with E-state index in [9.17, 15) is 0 Å². The second kappa shape index (κ2) is 11.3. The summed E-state index contributed by atoms with van der Waals surface area (Å²) < 4.78 is 0. The second-order valence-electron chi connectivity index (χ2n) is 3.20. The summed E-state index contributed by atoms with van der Waals surface area (Å²) in [4.78, 5) is 0. The molecular weight excluding hydrogens is 194 g/mol. The Morgan fingerprint density at radius 3 is 2.44 bits per heavy atom. The first-order valence-corrected chi connectivity index (χ1v) is 5.49. The van der Waals surface area contributed by atoms with E-state index >= 15 is 0 Å². The Kier molecular flexibility index (Phi) is 10.1. The van der Waals surface area contributed by atoms with E-state index in [4.69, 9.17) is 5.73 Å². The average molecular weight is 215 g/mol. The Morgan fingerprint density at radius 1 is 1.12 bits per heavy atom. The molecule has 0 aliphatic heterocycles. The van der Waals surface area contributed by atoms with Crippen molar-refractivity contribution in [2.24, 2.45) is 5.73 Å². The largest absolute Gasteiger partial charge is 0.405 e. The minimum atomic E-state index is 0.987. The highest BCUT2D eigenvalue weighted by molar-refractivity contribution is 5.23. The molecule has 0 atom stereocenters. The molecular formula is C15H21N. The molecule has 0 amide bonds. The maximum Gasteiger partial charge on any atom is -0.0103 e. The monoisotopic (exact) mass is 215 g/mol. The van der Waals surface area contributed by atoms with Gasteiger partial charge in [0.1, 0.15) is 0 Å². The van der Waals surface area contributed by atoms with Gasteiger partial charge >= 0.3 is 0 Å². The molecule has 0 aliphatic rings. The topological polar surface area (TPSA) is 26.0 Å². The van der Waals surface area contributed by atoms with Crippen LogP contribution in [0.15, 0.2) is 73.0 Å². The fourth-order valence-corrected chi connectivity index (χ4v) is 1.12. The average Bonchev–Trinajstić information content (AvgIpc) is 2.31. The van der Waals surface area contributed by atoms with Crippen molar-refractivity contribution >= 4 is 0 Å². The molecule has 0 spiro atoms. The normalized spacial score (nSPS) is 13.7. The van der Waals surface area contributed by atoms with E-state index in [1.165, 1.54) is 5.57 Å². The van der Waals surface area contributed by atoms with Crippen molar-refractivity contribution in [1.29, 1.82) is 0 Å². The lowest BCUT2D eigenvalue weighted by molar-refractivity contribution is 1.00. The van der Waals surface area contributed by atoms with Crippen molar-refractivity contribution in [3.63, 3.8) is 0 Å². The minimum absolute atomic E-state index is 0.987. The van der Waals surface area contributed by atoms with E-state index < -0.39 is 0 Å². The van der Waals surface area contributed by atoms with Crippen molar-refractivity contribution in [2.75, 3.05) is 0 Å². The van der Waals surface area contributed by atoms with E-state index in [1.54, 1.807) is 12.3 Å². The standard InChI is InChI=1S/C15H21N/c1-3-5-6-7-8-9-12-15(4-2)13-10-11-14-16/h3-9,11-12,14H,1,10,13,16H2,2H3/b6-5+,8-7+,12-9+,14-11+,15-4+. The van der Waals surface area contributed by atoms with Crippen LogP contribution < -0.4 is 5.73 Å². The van der Waals surface area contributed by atoms with Crippen molar-refractivity contribution in [3.8, 4) is 0 Å². The van der Waals surface area contributed by atoms with Gasteiger partial charge in [-0.3, -0.25) is 0 Å². The highest BCUT2D eigenvalue weighted by Gasteiger charge is 1.87. The molecule has 86 valence electrons. The van der Waals surface area contributed by atoms with E-state index in [1.807, 2.05) is 43.4 Å². The summed E-state index contributed by atoms with van der Waals surface area (Å²) in [6.07, 6.45) is 21.4. The van der Waals surface area contributed by atoms with Gasteiger partial charge in [-0.2, -0.15) is 0 Å². The number of hydrogen-bond donors (Lipinski definition) is 1. The summed E-state index contributed by atoms with van der Waals surface area (Å²) in [5, 5.41) is 0. The molecule has 0 radical (unpaired) electrons.